The molecule has 0 radical (unpaired) electrons. The van der Waals surface area contributed by atoms with Gasteiger partial charge in [0, 0.05) is 24.0 Å². The fraction of sp³-hybridized carbons (Fsp3) is 0.0526. The van der Waals surface area contributed by atoms with Gasteiger partial charge in [-0.05, 0) is 48.0 Å². The minimum atomic E-state index is -0.515. The Morgan fingerprint density at radius 3 is 2.54 bits per heavy atom. The van der Waals surface area contributed by atoms with Crippen LogP contribution >= 0.6 is 11.6 Å². The number of benzene rings is 2. The Balaban J connectivity index is 1.66. The van der Waals surface area contributed by atoms with Crippen LogP contribution in [0.2, 0.25) is 5.02 Å². The van der Waals surface area contributed by atoms with Crippen molar-refractivity contribution in [3.63, 3.8) is 0 Å². The van der Waals surface area contributed by atoms with Gasteiger partial charge in [0.1, 0.15) is 17.5 Å². The van der Waals surface area contributed by atoms with E-state index in [1.807, 2.05) is 0 Å². The molecule has 3 rings (SSSR count). The number of pyridine rings is 1. The third-order valence-corrected chi connectivity index (χ3v) is 3.87. The Hall–Kier alpha value is -2.99. The largest absolute Gasteiger partial charge is 0.348 e. The highest BCUT2D eigenvalue weighted by Gasteiger charge is 2.08. The maximum absolute atomic E-state index is 13.2. The first kappa shape index (κ1) is 17.8. The van der Waals surface area contributed by atoms with E-state index in [0.29, 0.717) is 17.1 Å². The lowest BCUT2D eigenvalue weighted by Crippen LogP contribution is -2.22. The van der Waals surface area contributed by atoms with Crippen molar-refractivity contribution in [3.8, 4) is 0 Å². The van der Waals surface area contributed by atoms with Crippen molar-refractivity contribution in [3.05, 3.63) is 88.6 Å². The molecule has 7 heteroatoms. The molecule has 0 saturated heterocycles. The van der Waals surface area contributed by atoms with Crippen molar-refractivity contribution in [1.29, 1.82) is 0 Å². The Morgan fingerprint density at radius 1 is 1.04 bits per heavy atom. The van der Waals surface area contributed by atoms with E-state index in [-0.39, 0.29) is 23.3 Å². The SMILES string of the molecule is O=C(NCc1ccc(F)cc1)c1ccnc(Nc2ccc(F)c(Cl)c2)c1. The van der Waals surface area contributed by atoms with Gasteiger partial charge in [-0.25, -0.2) is 13.8 Å². The number of carbonyl (C=O) groups is 1. The quantitative estimate of drug-likeness (QED) is 0.682. The second-order valence-electron chi connectivity index (χ2n) is 5.49. The molecule has 0 spiro atoms. The molecule has 1 aromatic heterocycles. The van der Waals surface area contributed by atoms with E-state index in [9.17, 15) is 13.6 Å². The average Bonchev–Trinajstić information content (AvgIpc) is 2.64. The minimum absolute atomic E-state index is 0.0109. The van der Waals surface area contributed by atoms with E-state index < -0.39 is 5.82 Å². The van der Waals surface area contributed by atoms with Gasteiger partial charge in [0.15, 0.2) is 0 Å². The molecule has 132 valence electrons. The fourth-order valence-electron chi connectivity index (χ4n) is 2.25. The van der Waals surface area contributed by atoms with Crippen LogP contribution in [0.4, 0.5) is 20.3 Å². The van der Waals surface area contributed by atoms with E-state index in [0.717, 1.165) is 5.56 Å². The van der Waals surface area contributed by atoms with Crippen molar-refractivity contribution >= 4 is 29.0 Å². The van der Waals surface area contributed by atoms with Gasteiger partial charge >= 0.3 is 0 Å². The van der Waals surface area contributed by atoms with Gasteiger partial charge in [-0.2, -0.15) is 0 Å². The zero-order valence-electron chi connectivity index (χ0n) is 13.5. The normalized spacial score (nSPS) is 10.4. The fourth-order valence-corrected chi connectivity index (χ4v) is 2.43. The Morgan fingerprint density at radius 2 is 1.81 bits per heavy atom. The van der Waals surface area contributed by atoms with Crippen molar-refractivity contribution in [1.82, 2.24) is 10.3 Å². The summed E-state index contributed by atoms with van der Waals surface area (Å²) in [5, 5.41) is 5.71. The molecule has 2 aromatic carbocycles. The number of hydrogen-bond donors (Lipinski definition) is 2. The molecule has 0 atom stereocenters. The van der Waals surface area contributed by atoms with E-state index in [1.54, 1.807) is 24.3 Å². The molecule has 2 N–H and O–H groups in total. The first-order valence-electron chi connectivity index (χ1n) is 7.72. The van der Waals surface area contributed by atoms with Crippen molar-refractivity contribution in [2.75, 3.05) is 5.32 Å². The molecule has 0 saturated carbocycles. The Kier molecular flexibility index (Phi) is 5.43. The predicted molar refractivity (Wildman–Crippen MR) is 96.5 cm³/mol. The number of aromatic nitrogens is 1. The van der Waals surface area contributed by atoms with Crippen LogP contribution < -0.4 is 10.6 Å². The zero-order chi connectivity index (χ0) is 18.5. The van der Waals surface area contributed by atoms with Gasteiger partial charge in [0.25, 0.3) is 5.91 Å². The van der Waals surface area contributed by atoms with Crippen LogP contribution in [0, 0.1) is 11.6 Å². The summed E-state index contributed by atoms with van der Waals surface area (Å²) in [5.41, 5.74) is 1.73. The first-order valence-corrected chi connectivity index (χ1v) is 8.10. The lowest BCUT2D eigenvalue weighted by molar-refractivity contribution is 0.0951. The molecule has 26 heavy (non-hydrogen) atoms. The van der Waals surface area contributed by atoms with Crippen LogP contribution in [0.3, 0.4) is 0 Å². The van der Waals surface area contributed by atoms with E-state index in [2.05, 4.69) is 15.6 Å². The van der Waals surface area contributed by atoms with Gasteiger partial charge in [-0.3, -0.25) is 4.79 Å². The first-order chi connectivity index (χ1) is 12.5. The second-order valence-corrected chi connectivity index (χ2v) is 5.90. The summed E-state index contributed by atoms with van der Waals surface area (Å²) in [6, 6.07) is 13.2. The number of amides is 1. The predicted octanol–water partition coefficient (Wildman–Crippen LogP) is 4.69. The summed E-state index contributed by atoms with van der Waals surface area (Å²) >= 11 is 5.75. The highest BCUT2D eigenvalue weighted by Crippen LogP contribution is 2.22. The summed E-state index contributed by atoms with van der Waals surface area (Å²) < 4.78 is 26.1. The average molecular weight is 374 g/mol. The lowest BCUT2D eigenvalue weighted by Gasteiger charge is -2.09. The van der Waals surface area contributed by atoms with Gasteiger partial charge in [0.2, 0.25) is 0 Å². The second kappa shape index (κ2) is 7.93. The summed E-state index contributed by atoms with van der Waals surface area (Å²) in [5.74, 6) is -0.719. The van der Waals surface area contributed by atoms with Crippen LogP contribution in [0.15, 0.2) is 60.8 Å². The third kappa shape index (κ3) is 4.55. The molecule has 0 aliphatic rings. The molecular formula is C19H14ClF2N3O. The third-order valence-electron chi connectivity index (χ3n) is 3.58. The van der Waals surface area contributed by atoms with Crippen molar-refractivity contribution < 1.29 is 13.6 Å². The smallest absolute Gasteiger partial charge is 0.251 e. The monoisotopic (exact) mass is 373 g/mol. The Labute approximate surface area is 153 Å². The molecular weight excluding hydrogens is 360 g/mol. The summed E-state index contributed by atoms with van der Waals surface area (Å²) in [6.07, 6.45) is 1.49. The summed E-state index contributed by atoms with van der Waals surface area (Å²) in [6.45, 7) is 0.276. The van der Waals surface area contributed by atoms with Crippen molar-refractivity contribution in [2.45, 2.75) is 6.54 Å². The standard InChI is InChI=1S/C19H14ClF2N3O/c20-16-10-15(5-6-17(16)22)25-18-9-13(7-8-23-18)19(26)24-11-12-1-3-14(21)4-2-12/h1-10H,11H2,(H,23,25)(H,24,26). The maximum Gasteiger partial charge on any atom is 0.251 e. The Bertz CT molecular complexity index is 932. The number of carbonyl (C=O) groups excluding carboxylic acids is 1. The van der Waals surface area contributed by atoms with Crippen LogP contribution in [0.1, 0.15) is 15.9 Å². The minimum Gasteiger partial charge on any atom is -0.348 e. The van der Waals surface area contributed by atoms with E-state index in [4.69, 9.17) is 11.6 Å². The topological polar surface area (TPSA) is 54.0 Å². The van der Waals surface area contributed by atoms with Crippen molar-refractivity contribution in [2.24, 2.45) is 0 Å². The molecule has 3 aromatic rings. The number of rotatable bonds is 5. The van der Waals surface area contributed by atoms with Crippen LogP contribution in [0.25, 0.3) is 0 Å². The molecule has 0 unspecified atom stereocenters. The number of halogens is 3. The molecule has 0 bridgehead atoms. The molecule has 0 aliphatic carbocycles. The van der Waals surface area contributed by atoms with E-state index >= 15 is 0 Å². The van der Waals surface area contributed by atoms with Gasteiger partial charge in [-0.15, -0.1) is 0 Å². The summed E-state index contributed by atoms with van der Waals surface area (Å²) in [7, 11) is 0. The molecule has 1 heterocycles. The van der Waals surface area contributed by atoms with Gasteiger partial charge in [0.05, 0.1) is 5.02 Å². The molecule has 0 aliphatic heterocycles. The van der Waals surface area contributed by atoms with E-state index in [1.165, 1.54) is 36.5 Å². The highest BCUT2D eigenvalue weighted by atomic mass is 35.5. The molecule has 1 amide bonds. The number of nitrogens with one attached hydrogen (secondary N) is 2. The molecule has 0 fully saturated rings. The number of anilines is 2. The summed E-state index contributed by atoms with van der Waals surface area (Å²) in [4.78, 5) is 16.4. The number of nitrogens with zero attached hydrogens (tertiary/aromatic N) is 1. The van der Waals surface area contributed by atoms with Crippen LogP contribution in [-0.2, 0) is 6.54 Å². The van der Waals surface area contributed by atoms with Crippen LogP contribution in [0.5, 0.6) is 0 Å². The number of hydrogen-bond acceptors (Lipinski definition) is 3. The molecule has 4 nitrogen and oxygen atoms in total. The lowest BCUT2D eigenvalue weighted by atomic mass is 10.2. The van der Waals surface area contributed by atoms with Crippen LogP contribution in [-0.4, -0.2) is 10.9 Å². The van der Waals surface area contributed by atoms with Gasteiger partial charge < -0.3 is 10.6 Å². The maximum atomic E-state index is 13.2. The zero-order valence-corrected chi connectivity index (χ0v) is 14.2. The highest BCUT2D eigenvalue weighted by molar-refractivity contribution is 6.31. The van der Waals surface area contributed by atoms with Gasteiger partial charge in [-0.1, -0.05) is 23.7 Å².